The van der Waals surface area contributed by atoms with Crippen molar-refractivity contribution in [3.05, 3.63) is 71.4 Å². The van der Waals surface area contributed by atoms with Gasteiger partial charge in [0.15, 0.2) is 0 Å². The van der Waals surface area contributed by atoms with Crippen molar-refractivity contribution in [2.45, 2.75) is 32.5 Å². The number of amides is 2. The summed E-state index contributed by atoms with van der Waals surface area (Å²) in [6, 6.07) is 17.7. The van der Waals surface area contributed by atoms with E-state index in [9.17, 15) is 9.59 Å². The Morgan fingerprint density at radius 1 is 1.19 bits per heavy atom. The highest BCUT2D eigenvalue weighted by molar-refractivity contribution is 6.00. The first-order valence-corrected chi connectivity index (χ1v) is 8.81. The van der Waals surface area contributed by atoms with Crippen molar-refractivity contribution < 1.29 is 9.59 Å². The fourth-order valence-electron chi connectivity index (χ4n) is 3.44. The summed E-state index contributed by atoms with van der Waals surface area (Å²) in [6.45, 7) is 3.14. The molecule has 0 bridgehead atoms. The van der Waals surface area contributed by atoms with Crippen LogP contribution in [0.2, 0.25) is 0 Å². The summed E-state index contributed by atoms with van der Waals surface area (Å²) in [7, 11) is 0. The Balaban J connectivity index is 1.42. The average molecular weight is 347 g/mol. The number of carbonyl (C=O) groups excluding carboxylic acids is 2. The van der Waals surface area contributed by atoms with Crippen molar-refractivity contribution in [2.24, 2.45) is 0 Å². The monoisotopic (exact) mass is 347 g/mol. The molecular formula is C21H21N3O2. The normalized spacial score (nSPS) is 16.2. The predicted molar refractivity (Wildman–Crippen MR) is 101 cm³/mol. The smallest absolute Gasteiger partial charge is 0.268 e. The summed E-state index contributed by atoms with van der Waals surface area (Å²) in [6.07, 6.45) is 0.267. The van der Waals surface area contributed by atoms with Crippen LogP contribution in [0.4, 0.5) is 0 Å². The SMILES string of the molecule is Cc1ccc(CNC(=O)C[C@H]2Cn3c(cc4ccccc43)C(=O)N2)cc1. The van der Waals surface area contributed by atoms with E-state index in [2.05, 4.69) is 10.6 Å². The first-order chi connectivity index (χ1) is 12.6. The maximum absolute atomic E-state index is 12.4. The quantitative estimate of drug-likeness (QED) is 0.762. The zero-order valence-corrected chi connectivity index (χ0v) is 14.7. The number of nitrogens with zero attached hydrogens (tertiary/aromatic N) is 1. The molecule has 0 spiro atoms. The number of fused-ring (bicyclic) bond motifs is 3. The lowest BCUT2D eigenvalue weighted by Gasteiger charge is -2.26. The maximum atomic E-state index is 12.4. The highest BCUT2D eigenvalue weighted by atomic mass is 16.2. The van der Waals surface area contributed by atoms with Crippen molar-refractivity contribution in [3.8, 4) is 0 Å². The van der Waals surface area contributed by atoms with E-state index in [-0.39, 0.29) is 24.3 Å². The molecule has 2 aromatic carbocycles. The van der Waals surface area contributed by atoms with Gasteiger partial charge >= 0.3 is 0 Å². The van der Waals surface area contributed by atoms with Gasteiger partial charge in [-0.05, 0) is 24.6 Å². The first kappa shape index (κ1) is 16.4. The van der Waals surface area contributed by atoms with Gasteiger partial charge in [-0.3, -0.25) is 9.59 Å². The van der Waals surface area contributed by atoms with E-state index in [1.165, 1.54) is 5.56 Å². The molecule has 26 heavy (non-hydrogen) atoms. The molecule has 0 aliphatic carbocycles. The van der Waals surface area contributed by atoms with Crippen LogP contribution in [0, 0.1) is 6.92 Å². The number of nitrogens with one attached hydrogen (secondary N) is 2. The Morgan fingerprint density at radius 2 is 1.96 bits per heavy atom. The number of benzene rings is 2. The van der Waals surface area contributed by atoms with Crippen LogP contribution < -0.4 is 10.6 Å². The fraction of sp³-hybridized carbons (Fsp3) is 0.238. The molecule has 1 aromatic heterocycles. The molecule has 5 heteroatoms. The second-order valence-electron chi connectivity index (χ2n) is 6.84. The highest BCUT2D eigenvalue weighted by Crippen LogP contribution is 2.23. The van der Waals surface area contributed by atoms with E-state index < -0.39 is 0 Å². The summed E-state index contributed by atoms with van der Waals surface area (Å²) in [5.41, 5.74) is 3.94. The Kier molecular flexibility index (Phi) is 4.21. The lowest BCUT2D eigenvalue weighted by Crippen LogP contribution is -2.46. The van der Waals surface area contributed by atoms with Crippen LogP contribution in [-0.2, 0) is 17.9 Å². The first-order valence-electron chi connectivity index (χ1n) is 8.81. The van der Waals surface area contributed by atoms with Crippen LogP contribution in [0.1, 0.15) is 28.0 Å². The second-order valence-corrected chi connectivity index (χ2v) is 6.84. The minimum absolute atomic E-state index is 0.0595. The minimum Gasteiger partial charge on any atom is -0.352 e. The molecule has 0 radical (unpaired) electrons. The van der Waals surface area contributed by atoms with Crippen molar-refractivity contribution in [1.29, 1.82) is 0 Å². The van der Waals surface area contributed by atoms with E-state index in [1.54, 1.807) is 0 Å². The van der Waals surface area contributed by atoms with Crippen molar-refractivity contribution in [1.82, 2.24) is 15.2 Å². The molecule has 0 saturated heterocycles. The molecule has 4 rings (SSSR count). The zero-order valence-electron chi connectivity index (χ0n) is 14.7. The van der Waals surface area contributed by atoms with E-state index in [1.807, 2.05) is 66.1 Å². The number of hydrogen-bond donors (Lipinski definition) is 2. The third-order valence-corrected chi connectivity index (χ3v) is 4.82. The Morgan fingerprint density at radius 3 is 2.77 bits per heavy atom. The van der Waals surface area contributed by atoms with Crippen LogP contribution in [0.5, 0.6) is 0 Å². The standard InChI is InChI=1S/C21H21N3O2/c1-14-6-8-15(9-7-14)12-22-20(25)11-17-13-24-18-5-3-2-4-16(18)10-19(24)21(26)23-17/h2-10,17H,11-13H2,1H3,(H,22,25)(H,23,26)/t17-/m0/s1. The fourth-order valence-corrected chi connectivity index (χ4v) is 3.44. The Bertz CT molecular complexity index is 973. The van der Waals surface area contributed by atoms with Gasteiger partial charge < -0.3 is 15.2 Å². The minimum atomic E-state index is -0.205. The molecule has 0 saturated carbocycles. The molecule has 0 fully saturated rings. The molecular weight excluding hydrogens is 326 g/mol. The largest absolute Gasteiger partial charge is 0.352 e. The van der Waals surface area contributed by atoms with Gasteiger partial charge in [0.2, 0.25) is 5.91 Å². The summed E-state index contributed by atoms with van der Waals surface area (Å²) in [5, 5.41) is 6.93. The van der Waals surface area contributed by atoms with Gasteiger partial charge in [-0.1, -0.05) is 48.0 Å². The Hall–Kier alpha value is -3.08. The van der Waals surface area contributed by atoms with Gasteiger partial charge in [0.25, 0.3) is 5.91 Å². The summed E-state index contributed by atoms with van der Waals surface area (Å²) >= 11 is 0. The van der Waals surface area contributed by atoms with E-state index in [0.717, 1.165) is 16.5 Å². The van der Waals surface area contributed by atoms with E-state index in [4.69, 9.17) is 0 Å². The Labute approximate surface area is 152 Å². The van der Waals surface area contributed by atoms with Gasteiger partial charge in [0.1, 0.15) is 5.69 Å². The molecule has 132 valence electrons. The molecule has 0 unspecified atom stereocenters. The molecule has 2 heterocycles. The average Bonchev–Trinajstić information content (AvgIpc) is 3.01. The molecule has 5 nitrogen and oxygen atoms in total. The lowest BCUT2D eigenvalue weighted by molar-refractivity contribution is -0.121. The number of aromatic nitrogens is 1. The van der Waals surface area contributed by atoms with Crippen LogP contribution in [0.15, 0.2) is 54.6 Å². The zero-order chi connectivity index (χ0) is 18.1. The van der Waals surface area contributed by atoms with Crippen LogP contribution in [-0.4, -0.2) is 22.4 Å². The van der Waals surface area contributed by atoms with Crippen LogP contribution in [0.3, 0.4) is 0 Å². The topological polar surface area (TPSA) is 63.1 Å². The van der Waals surface area contributed by atoms with Crippen molar-refractivity contribution in [2.75, 3.05) is 0 Å². The molecule has 2 N–H and O–H groups in total. The van der Waals surface area contributed by atoms with E-state index >= 15 is 0 Å². The second kappa shape index (κ2) is 6.67. The third kappa shape index (κ3) is 3.20. The predicted octanol–water partition coefficient (Wildman–Crippen LogP) is 2.77. The van der Waals surface area contributed by atoms with Gasteiger partial charge in [-0.2, -0.15) is 0 Å². The number of carbonyl (C=O) groups is 2. The number of rotatable bonds is 4. The molecule has 1 aliphatic rings. The third-order valence-electron chi connectivity index (χ3n) is 4.82. The van der Waals surface area contributed by atoms with Crippen molar-refractivity contribution in [3.63, 3.8) is 0 Å². The summed E-state index contributed by atoms with van der Waals surface area (Å²) in [4.78, 5) is 24.7. The number of para-hydroxylation sites is 1. The maximum Gasteiger partial charge on any atom is 0.268 e. The van der Waals surface area contributed by atoms with Gasteiger partial charge in [0.05, 0.1) is 6.04 Å². The highest BCUT2D eigenvalue weighted by Gasteiger charge is 2.27. The number of hydrogen-bond acceptors (Lipinski definition) is 2. The van der Waals surface area contributed by atoms with E-state index in [0.29, 0.717) is 18.8 Å². The summed E-state index contributed by atoms with van der Waals surface area (Å²) < 4.78 is 2.01. The molecule has 3 aromatic rings. The van der Waals surface area contributed by atoms with Gasteiger partial charge in [0, 0.05) is 30.4 Å². The van der Waals surface area contributed by atoms with Crippen molar-refractivity contribution >= 4 is 22.7 Å². The molecule has 2 amide bonds. The molecule has 1 aliphatic heterocycles. The summed E-state index contributed by atoms with van der Waals surface area (Å²) in [5.74, 6) is -0.181. The van der Waals surface area contributed by atoms with Crippen LogP contribution in [0.25, 0.3) is 10.9 Å². The van der Waals surface area contributed by atoms with Gasteiger partial charge in [-0.25, -0.2) is 0 Å². The lowest BCUT2D eigenvalue weighted by atomic mass is 10.1. The van der Waals surface area contributed by atoms with Crippen LogP contribution >= 0.6 is 0 Å². The van der Waals surface area contributed by atoms with Gasteiger partial charge in [-0.15, -0.1) is 0 Å². The molecule has 1 atom stereocenters. The number of aryl methyl sites for hydroxylation is 1.